The Morgan fingerprint density at radius 1 is 1.24 bits per heavy atom. The lowest BCUT2D eigenvalue weighted by Gasteiger charge is -2.11. The number of halogens is 4. The van der Waals surface area contributed by atoms with E-state index in [0.29, 0.717) is 12.6 Å². The average molecular weight is 328 g/mol. The fourth-order valence-corrected chi connectivity index (χ4v) is 2.69. The van der Waals surface area contributed by atoms with E-state index >= 15 is 0 Å². The second-order valence-electron chi connectivity index (χ2n) is 4.26. The normalized spacial score (nSPS) is 12.1. The van der Waals surface area contributed by atoms with Gasteiger partial charge in [-0.2, -0.15) is 0 Å². The molecule has 0 aliphatic rings. The zero-order valence-electron chi connectivity index (χ0n) is 11.3. The second kappa shape index (κ2) is 7.71. The fourth-order valence-electron chi connectivity index (χ4n) is 1.59. The topological polar surface area (TPSA) is 58.2 Å². The monoisotopic (exact) mass is 328 g/mol. The summed E-state index contributed by atoms with van der Waals surface area (Å²) in [6.07, 6.45) is -2.18. The summed E-state index contributed by atoms with van der Waals surface area (Å²) >= 11 is 0. The van der Waals surface area contributed by atoms with Gasteiger partial charge in [0, 0.05) is 12.1 Å². The van der Waals surface area contributed by atoms with Crippen molar-refractivity contribution < 1.29 is 26.0 Å². The van der Waals surface area contributed by atoms with Crippen LogP contribution in [0, 0.1) is 11.6 Å². The molecule has 0 aliphatic heterocycles. The predicted molar refractivity (Wildman–Crippen MR) is 69.5 cm³/mol. The molecule has 9 heteroatoms. The van der Waals surface area contributed by atoms with Crippen molar-refractivity contribution in [3.8, 4) is 0 Å². The zero-order chi connectivity index (χ0) is 16.0. The Morgan fingerprint density at radius 3 is 2.48 bits per heavy atom. The van der Waals surface area contributed by atoms with Crippen LogP contribution in [-0.2, 0) is 16.6 Å². The van der Waals surface area contributed by atoms with E-state index < -0.39 is 45.1 Å². The molecule has 0 atom stereocenters. The molecule has 0 radical (unpaired) electrons. The third-order valence-electron chi connectivity index (χ3n) is 2.60. The van der Waals surface area contributed by atoms with Crippen LogP contribution in [-0.4, -0.2) is 27.9 Å². The molecule has 0 unspecified atom stereocenters. The van der Waals surface area contributed by atoms with Gasteiger partial charge in [-0.3, -0.25) is 0 Å². The number of benzene rings is 1. The highest BCUT2D eigenvalue weighted by molar-refractivity contribution is 7.89. The number of alkyl halides is 2. The highest BCUT2D eigenvalue weighted by atomic mass is 32.2. The number of rotatable bonds is 8. The number of nitrogens with one attached hydrogen (secondary N) is 2. The lowest BCUT2D eigenvalue weighted by molar-refractivity contribution is 0.153. The van der Waals surface area contributed by atoms with E-state index in [0.717, 1.165) is 12.5 Å². The minimum absolute atomic E-state index is 0.191. The van der Waals surface area contributed by atoms with Crippen molar-refractivity contribution in [2.24, 2.45) is 0 Å². The Bertz CT molecular complexity index is 579. The molecular formula is C12H16F4N2O2S. The lowest BCUT2D eigenvalue weighted by Crippen LogP contribution is -2.30. The molecule has 0 fully saturated rings. The van der Waals surface area contributed by atoms with Crippen LogP contribution in [0.5, 0.6) is 0 Å². The summed E-state index contributed by atoms with van der Waals surface area (Å²) in [5.74, 6) is -2.18. The molecule has 0 amide bonds. The Labute approximate surface area is 120 Å². The minimum Gasteiger partial charge on any atom is -0.312 e. The van der Waals surface area contributed by atoms with Gasteiger partial charge in [-0.1, -0.05) is 6.92 Å². The van der Waals surface area contributed by atoms with Gasteiger partial charge in [0.1, 0.15) is 10.7 Å². The molecule has 0 heterocycles. The summed E-state index contributed by atoms with van der Waals surface area (Å²) in [4.78, 5) is -0.849. The van der Waals surface area contributed by atoms with E-state index in [1.165, 1.54) is 0 Å². The molecule has 1 aromatic carbocycles. The molecule has 4 nitrogen and oxygen atoms in total. The molecule has 120 valence electrons. The van der Waals surface area contributed by atoms with E-state index in [1.54, 1.807) is 4.72 Å². The minimum atomic E-state index is -4.46. The van der Waals surface area contributed by atoms with Crippen molar-refractivity contribution in [3.05, 3.63) is 29.3 Å². The summed E-state index contributed by atoms with van der Waals surface area (Å²) < 4.78 is 76.7. The smallest absolute Gasteiger partial charge is 0.251 e. The van der Waals surface area contributed by atoms with Crippen molar-refractivity contribution in [3.63, 3.8) is 0 Å². The summed E-state index contributed by atoms with van der Waals surface area (Å²) in [5.41, 5.74) is -0.441. The molecule has 0 saturated heterocycles. The summed E-state index contributed by atoms with van der Waals surface area (Å²) in [6, 6.07) is 1.50. The van der Waals surface area contributed by atoms with Crippen LogP contribution in [0.3, 0.4) is 0 Å². The van der Waals surface area contributed by atoms with Gasteiger partial charge in [-0.25, -0.2) is 30.7 Å². The lowest BCUT2D eigenvalue weighted by atomic mass is 10.2. The quantitative estimate of drug-likeness (QED) is 0.567. The summed E-state index contributed by atoms with van der Waals surface area (Å²) in [6.45, 7) is 1.03. The van der Waals surface area contributed by atoms with Crippen LogP contribution in [0.25, 0.3) is 0 Å². The van der Waals surface area contributed by atoms with Crippen molar-refractivity contribution in [2.75, 3.05) is 13.1 Å². The van der Waals surface area contributed by atoms with E-state index in [4.69, 9.17) is 0 Å². The molecule has 0 bridgehead atoms. The maximum atomic E-state index is 14.1. The third-order valence-corrected chi connectivity index (χ3v) is 4.04. The second-order valence-corrected chi connectivity index (χ2v) is 5.99. The molecule has 0 saturated carbocycles. The molecular weight excluding hydrogens is 312 g/mol. The van der Waals surface area contributed by atoms with Gasteiger partial charge in [0.25, 0.3) is 6.43 Å². The van der Waals surface area contributed by atoms with Crippen molar-refractivity contribution in [2.45, 2.75) is 31.2 Å². The van der Waals surface area contributed by atoms with E-state index in [-0.39, 0.29) is 6.54 Å². The van der Waals surface area contributed by atoms with Crippen LogP contribution >= 0.6 is 0 Å². The maximum Gasteiger partial charge on any atom is 0.251 e. The van der Waals surface area contributed by atoms with Gasteiger partial charge in [-0.05, 0) is 25.1 Å². The first kappa shape index (κ1) is 17.9. The molecule has 0 spiro atoms. The van der Waals surface area contributed by atoms with Crippen LogP contribution < -0.4 is 10.0 Å². The molecule has 2 N–H and O–H groups in total. The van der Waals surface area contributed by atoms with Gasteiger partial charge in [0.2, 0.25) is 10.0 Å². The SMILES string of the molecule is CCCNCc1c(F)ccc(S(=O)(=O)NCC(F)F)c1F. The first-order chi connectivity index (χ1) is 9.79. The zero-order valence-corrected chi connectivity index (χ0v) is 12.1. The molecule has 0 aromatic heterocycles. The van der Waals surface area contributed by atoms with Crippen LogP contribution in [0.4, 0.5) is 17.6 Å². The van der Waals surface area contributed by atoms with Crippen LogP contribution in [0.15, 0.2) is 17.0 Å². The first-order valence-electron chi connectivity index (χ1n) is 6.25. The van der Waals surface area contributed by atoms with E-state index in [9.17, 15) is 26.0 Å². The maximum absolute atomic E-state index is 14.1. The van der Waals surface area contributed by atoms with Gasteiger partial charge < -0.3 is 5.32 Å². The van der Waals surface area contributed by atoms with Crippen molar-refractivity contribution in [1.29, 1.82) is 0 Å². The van der Waals surface area contributed by atoms with Gasteiger partial charge in [0.15, 0.2) is 5.82 Å². The van der Waals surface area contributed by atoms with Crippen molar-refractivity contribution >= 4 is 10.0 Å². The van der Waals surface area contributed by atoms with Crippen LogP contribution in [0.2, 0.25) is 0 Å². The number of hydrogen-bond donors (Lipinski definition) is 2. The average Bonchev–Trinajstić information content (AvgIpc) is 2.40. The van der Waals surface area contributed by atoms with Gasteiger partial charge in [-0.15, -0.1) is 0 Å². The highest BCUT2D eigenvalue weighted by Gasteiger charge is 2.24. The Hall–Kier alpha value is -1.19. The van der Waals surface area contributed by atoms with Crippen LogP contribution in [0.1, 0.15) is 18.9 Å². The van der Waals surface area contributed by atoms with Gasteiger partial charge >= 0.3 is 0 Å². The van der Waals surface area contributed by atoms with Gasteiger partial charge in [0.05, 0.1) is 6.54 Å². The third kappa shape index (κ3) is 4.94. The Morgan fingerprint density at radius 2 is 1.90 bits per heavy atom. The largest absolute Gasteiger partial charge is 0.312 e. The Balaban J connectivity index is 3.06. The molecule has 1 aromatic rings. The fraction of sp³-hybridized carbons (Fsp3) is 0.500. The predicted octanol–water partition coefficient (Wildman–Crippen LogP) is 2.01. The highest BCUT2D eigenvalue weighted by Crippen LogP contribution is 2.21. The number of hydrogen-bond acceptors (Lipinski definition) is 3. The summed E-state index contributed by atoms with van der Waals surface area (Å²) in [5, 5.41) is 2.75. The van der Waals surface area contributed by atoms with Crippen molar-refractivity contribution in [1.82, 2.24) is 10.0 Å². The summed E-state index contributed by atoms with van der Waals surface area (Å²) in [7, 11) is -4.46. The molecule has 0 aliphatic carbocycles. The Kier molecular flexibility index (Phi) is 6.56. The standard InChI is InChI=1S/C12H16F4N2O2S/c1-2-5-17-6-8-9(13)3-4-10(12(8)16)21(19,20)18-7-11(14)15/h3-4,11,17-18H,2,5-7H2,1H3. The first-order valence-corrected chi connectivity index (χ1v) is 7.73. The molecule has 21 heavy (non-hydrogen) atoms. The molecule has 1 rings (SSSR count). The number of sulfonamides is 1. The van der Waals surface area contributed by atoms with E-state index in [2.05, 4.69) is 5.32 Å². The van der Waals surface area contributed by atoms with E-state index in [1.807, 2.05) is 6.92 Å².